The van der Waals surface area contributed by atoms with Crippen LogP contribution < -0.4 is 81.0 Å². The number of nitrogens with zero attached hydrogens (tertiary/aromatic N) is 6. The number of aliphatic hydroxyl groups excluding tert-OH is 1. The average molecular weight is 2120 g/mol. The number of carbonyl (C=O) groups is 20. The fourth-order valence-corrected chi connectivity index (χ4v) is 20.1. The molecular weight excluding hydrogens is 1990 g/mol. The van der Waals surface area contributed by atoms with Crippen molar-refractivity contribution < 1.29 is 121 Å². The molecule has 11 rings (SSSR count). The lowest BCUT2D eigenvalue weighted by atomic mass is 10.0. The average Bonchev–Trinajstić information content (AvgIpc) is 1.65. The van der Waals surface area contributed by atoms with Gasteiger partial charge in [-0.15, -0.1) is 0 Å². The number of aromatic nitrogens is 5. The molecule has 3 fully saturated rings. The summed E-state index contributed by atoms with van der Waals surface area (Å²) in [6, 6.07) is 7.28. The molecule has 27 N–H and O–H groups in total. The van der Waals surface area contributed by atoms with Gasteiger partial charge in [0.05, 0.1) is 57.9 Å². The SMILES string of the molecule is C[C@@H](O)[C@H](NC(=O)[C@H](Cc1c[nH]c2ccccc12)NC(=O)CCCCCNC(=O)CN1CCN(CC(=O)O)CCN(CC(=O)O)CCN(CC(=O)O)CC1)C(=O)N[C@@H](CCc1ccccc1)C(=O)N[C@H]1CSSC[C@@H](C(=O)N[C@@H](Cc2c[nH]c3ccccc23)C(=O)N2CCC[C@H]2C(N)=O)NC(=O)[C@H](CC(=O)O)NC(=O)[C@H](Cc2cnc[nH]2)NC(=O)[C@H](Cc2c[nH]c3ccccc23)NC(=O)[C@H](CC(N)=O)NC(=O)[C@H](CC(N)=O)NC1=O. The summed E-state index contributed by atoms with van der Waals surface area (Å²) in [7, 11) is 1.36. The lowest BCUT2D eigenvalue weighted by Crippen LogP contribution is -2.62. The summed E-state index contributed by atoms with van der Waals surface area (Å²) in [6.45, 7) is 1.53. The van der Waals surface area contributed by atoms with Crippen molar-refractivity contribution in [2.24, 2.45) is 17.2 Å². The second-order valence-corrected chi connectivity index (χ2v) is 39.5. The maximum Gasteiger partial charge on any atom is 0.317 e. The predicted molar refractivity (Wildman–Crippen MR) is 545 cm³/mol. The number of carboxylic acid groups (broad SMARTS) is 4. The topological polar surface area (TPSA) is 757 Å². The van der Waals surface area contributed by atoms with E-state index in [-0.39, 0.29) is 142 Å². The highest BCUT2D eigenvalue weighted by Gasteiger charge is 2.43. The zero-order valence-corrected chi connectivity index (χ0v) is 83.9. The van der Waals surface area contributed by atoms with Gasteiger partial charge < -0.3 is 131 Å². The van der Waals surface area contributed by atoms with Gasteiger partial charge in [-0.25, -0.2) is 4.98 Å². The minimum atomic E-state index is -2.15. The number of rotatable bonds is 43. The van der Waals surface area contributed by atoms with Crippen LogP contribution in [-0.2, 0) is 128 Å². The number of unbranched alkanes of at least 4 members (excludes halogenated alkanes) is 2. The number of primary amides is 3. The van der Waals surface area contributed by atoms with Crippen LogP contribution in [0.3, 0.4) is 0 Å². The molecule has 0 saturated carbocycles. The summed E-state index contributed by atoms with van der Waals surface area (Å²) in [4.78, 5) is 307. The molecule has 806 valence electrons. The molecule has 150 heavy (non-hydrogen) atoms. The molecule has 52 heteroatoms. The molecule has 0 bridgehead atoms. The Bertz CT molecular complexity index is 6090. The summed E-state index contributed by atoms with van der Waals surface area (Å²) >= 11 is 0. The minimum absolute atomic E-state index is 0.0157. The Morgan fingerprint density at radius 1 is 0.460 bits per heavy atom. The number of carbonyl (C=O) groups excluding carboxylic acids is 16. The first-order valence-corrected chi connectivity index (χ1v) is 51.4. The van der Waals surface area contributed by atoms with Crippen molar-refractivity contribution in [1.29, 1.82) is 0 Å². The summed E-state index contributed by atoms with van der Waals surface area (Å²) in [5.74, 6) is -23.9. The summed E-state index contributed by atoms with van der Waals surface area (Å²) in [5.41, 5.74) is 21.3. The smallest absolute Gasteiger partial charge is 0.317 e. The van der Waals surface area contributed by atoms with Gasteiger partial charge in [0.1, 0.15) is 72.5 Å². The third-order valence-electron chi connectivity index (χ3n) is 25.6. The Kier molecular flexibility index (Phi) is 43.4. The molecule has 13 atom stereocenters. The third-order valence-corrected chi connectivity index (χ3v) is 28.0. The van der Waals surface area contributed by atoms with Crippen molar-refractivity contribution in [2.75, 3.05) is 103 Å². The maximum absolute atomic E-state index is 15.6. The molecule has 16 amide bonds. The largest absolute Gasteiger partial charge is 0.481 e. The van der Waals surface area contributed by atoms with E-state index in [0.29, 0.717) is 95.8 Å². The number of nitrogens with one attached hydrogen (secondary N) is 16. The van der Waals surface area contributed by atoms with Crippen molar-refractivity contribution in [2.45, 2.75) is 182 Å². The molecule has 4 aromatic heterocycles. The number of imidazole rings is 1. The van der Waals surface area contributed by atoms with E-state index in [2.05, 4.69) is 88.7 Å². The molecule has 8 aromatic rings. The molecule has 3 aliphatic heterocycles. The third kappa shape index (κ3) is 35.4. The number of aryl methyl sites for hydroxylation is 1. The molecular formula is C98H127N25O25S2. The van der Waals surface area contributed by atoms with E-state index >= 15 is 52.7 Å². The van der Waals surface area contributed by atoms with E-state index in [0.717, 1.165) is 6.92 Å². The second kappa shape index (κ2) is 56.7. The van der Waals surface area contributed by atoms with Crippen LogP contribution >= 0.6 is 21.6 Å². The number of nitrogens with two attached hydrogens (primary N) is 3. The van der Waals surface area contributed by atoms with E-state index in [1.165, 1.54) is 23.6 Å². The number of H-pyrrole nitrogens is 4. The molecule has 0 spiro atoms. The van der Waals surface area contributed by atoms with Crippen LogP contribution in [0.4, 0.5) is 0 Å². The lowest BCUT2D eigenvalue weighted by Gasteiger charge is -2.32. The van der Waals surface area contributed by atoms with Crippen LogP contribution in [0.2, 0.25) is 0 Å². The van der Waals surface area contributed by atoms with Gasteiger partial charge in [-0.1, -0.05) is 113 Å². The molecule has 4 aromatic carbocycles. The Labute approximate surface area is 867 Å². The number of amides is 16. The predicted octanol–water partition coefficient (Wildman–Crippen LogP) is -4.28. The molecule has 0 aliphatic carbocycles. The normalized spacial score (nSPS) is 20.3. The van der Waals surface area contributed by atoms with E-state index in [1.807, 2.05) is 0 Å². The first kappa shape index (κ1) is 115. The number of aliphatic carboxylic acids is 4. The van der Waals surface area contributed by atoms with Crippen LogP contribution in [-0.4, -0.2) is 375 Å². The Morgan fingerprint density at radius 2 is 0.933 bits per heavy atom. The highest BCUT2D eigenvalue weighted by atomic mass is 33.1. The lowest BCUT2D eigenvalue weighted by molar-refractivity contribution is -0.142. The number of aliphatic hydroxyl groups is 1. The van der Waals surface area contributed by atoms with E-state index < -0.39 is 241 Å². The van der Waals surface area contributed by atoms with Crippen molar-refractivity contribution in [3.05, 3.63) is 162 Å². The van der Waals surface area contributed by atoms with Crippen LogP contribution in [0.1, 0.15) is 99.1 Å². The van der Waals surface area contributed by atoms with Gasteiger partial charge in [-0.2, -0.15) is 0 Å². The van der Waals surface area contributed by atoms with Crippen LogP contribution in [0.5, 0.6) is 0 Å². The van der Waals surface area contributed by atoms with Crippen molar-refractivity contribution >= 4 is 173 Å². The first-order chi connectivity index (χ1) is 71.8. The second-order valence-electron chi connectivity index (χ2n) is 36.9. The molecule has 0 unspecified atom stereocenters. The van der Waals surface area contributed by atoms with Gasteiger partial charge in [0.15, 0.2) is 0 Å². The van der Waals surface area contributed by atoms with Crippen LogP contribution in [0.15, 0.2) is 134 Å². The van der Waals surface area contributed by atoms with E-state index in [1.54, 1.807) is 135 Å². The first-order valence-electron chi connectivity index (χ1n) is 48.9. The molecule has 0 radical (unpaired) electrons. The maximum atomic E-state index is 15.6. The fraction of sp³-hybridized carbons (Fsp3) is 0.459. The highest BCUT2D eigenvalue weighted by molar-refractivity contribution is 8.76. The van der Waals surface area contributed by atoms with Gasteiger partial charge in [0.25, 0.3) is 0 Å². The van der Waals surface area contributed by atoms with Gasteiger partial charge in [-0.3, -0.25) is 115 Å². The summed E-state index contributed by atoms with van der Waals surface area (Å²) < 4.78 is 0. The number of likely N-dealkylation sites (tertiary alicyclic amines) is 1. The molecule has 3 aliphatic rings. The van der Waals surface area contributed by atoms with Gasteiger partial charge in [-0.05, 0) is 85.9 Å². The molecule has 3 saturated heterocycles. The summed E-state index contributed by atoms with van der Waals surface area (Å²) in [6.07, 6.45) is 1.56. The number of hydrogen-bond donors (Lipinski definition) is 24. The number of carboxylic acids is 4. The van der Waals surface area contributed by atoms with Crippen molar-refractivity contribution in [3.8, 4) is 0 Å². The molecule has 50 nitrogen and oxygen atoms in total. The standard InChI is InChI=1S/C98H127N25O25S2/c1-55(124)86(118-94(144)68(37-57-44-104-64-20-10-7-17-61(57)64)108-80(127)24-6-3-13-27-103-81(128)48-119-29-31-120(49-83(131)132)33-35-122(51-85(135)136)36-34-121(32-30-119)50-84(133)134)97(147)109-67(26-25-56-15-4-2-5-16-56)88(138)116-75-52-149-150-53-76(96(146)115-74(98(148)123-28-14-23-77(123)87(101)137)39-59-46-106-66-22-12-9-19-63(59)66)117-93(143)73(43-82(129)130)114-90(140)70(40-60-47-102-54-107-60)111-89(139)69(38-58-45-105-65-21-11-8-18-62(58)65)110-91(141)71(41-78(99)125)112-92(142)72(42-79(100)126)113-95(75)145/h2,4-5,7-12,15-22,44-47,54-55,67-77,86,104-106,124H,3,6,13-14,23-43,48-53H2,1H3,(H2,99,125)(H2,100,126)(H2,101,137)(H,102,107)(H,103,128)(H,108,127)(H,109,147)(H,110,141)(H,111,139)(H,112,142)(H,113,145)(H,114,140)(H,115,146)(H,116,138)(H,117,143)(H,118,144)(H,129,130)(H,131,132)(H,133,134)(H,135,136)/t55-,67+,68+,69+,70+,71+,72+,73+,74+,75+,76+,77+,86+/m1/s1. The monoisotopic (exact) mass is 2120 g/mol. The zero-order valence-electron chi connectivity index (χ0n) is 82.3. The van der Waals surface area contributed by atoms with Crippen molar-refractivity contribution in [1.82, 2.24) is 113 Å². The number of fused-ring (bicyclic) bond motifs is 3. The van der Waals surface area contributed by atoms with Crippen molar-refractivity contribution in [3.63, 3.8) is 0 Å². The minimum Gasteiger partial charge on any atom is -0.481 e. The Balaban J connectivity index is 0.872. The van der Waals surface area contributed by atoms with E-state index in [4.69, 9.17) is 17.2 Å². The fourth-order valence-electron chi connectivity index (χ4n) is 17.8. The van der Waals surface area contributed by atoms with Gasteiger partial charge in [0, 0.05) is 172 Å². The summed E-state index contributed by atoms with van der Waals surface area (Å²) in [5, 5.41) is 83.7. The van der Waals surface area contributed by atoms with Gasteiger partial charge in [0.2, 0.25) is 94.5 Å². The quantitative estimate of drug-likeness (QED) is 0.0127. The number of para-hydroxylation sites is 3. The number of hydrogen-bond acceptors (Lipinski definition) is 28. The Morgan fingerprint density at radius 3 is 1.45 bits per heavy atom. The molecule has 7 heterocycles. The zero-order chi connectivity index (χ0) is 108. The van der Waals surface area contributed by atoms with Crippen LogP contribution in [0, 0.1) is 0 Å². The number of aromatic amines is 4. The van der Waals surface area contributed by atoms with Crippen LogP contribution in [0.25, 0.3) is 32.7 Å². The van der Waals surface area contributed by atoms with Gasteiger partial charge >= 0.3 is 23.9 Å². The van der Waals surface area contributed by atoms with E-state index in [9.17, 15) is 68.7 Å². The Hall–Kier alpha value is -15.4. The highest BCUT2D eigenvalue weighted by Crippen LogP contribution is 2.28. The number of benzene rings is 4.